The summed E-state index contributed by atoms with van der Waals surface area (Å²) >= 11 is 1.34. The molecule has 1 fully saturated rings. The number of imide groups is 1. The van der Waals surface area contributed by atoms with Crippen molar-refractivity contribution in [2.75, 3.05) is 11.9 Å². The van der Waals surface area contributed by atoms with Gasteiger partial charge >= 0.3 is 6.03 Å². The number of amides is 5. The molecule has 5 amide bonds. The Labute approximate surface area is 177 Å². The van der Waals surface area contributed by atoms with Gasteiger partial charge in [-0.3, -0.25) is 19.3 Å². The first kappa shape index (κ1) is 20.1. The van der Waals surface area contributed by atoms with Crippen LogP contribution in [0, 0.1) is 5.92 Å². The summed E-state index contributed by atoms with van der Waals surface area (Å²) in [6.45, 7) is 1.71. The molecular formula is C21H22N4O4S. The number of nitrogens with zero attached hydrogens (tertiary/aromatic N) is 1. The molecular weight excluding hydrogens is 404 g/mol. The maximum atomic E-state index is 12.7. The van der Waals surface area contributed by atoms with Crippen LogP contribution in [0.1, 0.15) is 45.7 Å². The van der Waals surface area contributed by atoms with E-state index in [-0.39, 0.29) is 0 Å². The fourth-order valence-corrected chi connectivity index (χ4v) is 5.38. The van der Waals surface area contributed by atoms with Crippen LogP contribution in [0.5, 0.6) is 0 Å². The molecule has 4 N–H and O–H groups in total. The van der Waals surface area contributed by atoms with Crippen molar-refractivity contribution in [1.82, 2.24) is 10.2 Å². The lowest BCUT2D eigenvalue weighted by molar-refractivity contribution is -0.130. The SMILES string of the molecule is CC1CCc2c(sc(NC(=O)CN3C(=O)NC(c4ccccc4)C3=O)c2C(N)=O)C1. The van der Waals surface area contributed by atoms with Crippen molar-refractivity contribution >= 4 is 40.1 Å². The predicted molar refractivity (Wildman–Crippen MR) is 112 cm³/mol. The summed E-state index contributed by atoms with van der Waals surface area (Å²) in [5.41, 5.74) is 7.46. The highest BCUT2D eigenvalue weighted by atomic mass is 32.1. The Hall–Kier alpha value is -3.20. The zero-order valence-corrected chi connectivity index (χ0v) is 17.3. The number of nitrogens with one attached hydrogen (secondary N) is 2. The van der Waals surface area contributed by atoms with Crippen LogP contribution >= 0.6 is 11.3 Å². The predicted octanol–water partition coefficient (Wildman–Crippen LogP) is 2.20. The number of primary amides is 1. The van der Waals surface area contributed by atoms with Gasteiger partial charge in [-0.15, -0.1) is 11.3 Å². The van der Waals surface area contributed by atoms with Crippen LogP contribution in [0.4, 0.5) is 9.80 Å². The third-order valence-corrected chi connectivity index (χ3v) is 6.64. The van der Waals surface area contributed by atoms with Crippen LogP contribution < -0.4 is 16.4 Å². The molecule has 8 nitrogen and oxygen atoms in total. The summed E-state index contributed by atoms with van der Waals surface area (Å²) in [5.74, 6) is -1.13. The zero-order chi connectivity index (χ0) is 21.4. The number of urea groups is 1. The lowest BCUT2D eigenvalue weighted by Gasteiger charge is -2.18. The molecule has 0 radical (unpaired) electrons. The zero-order valence-electron chi connectivity index (χ0n) is 16.4. The Bertz CT molecular complexity index is 1030. The molecule has 1 saturated heterocycles. The van der Waals surface area contributed by atoms with Crippen molar-refractivity contribution in [3.8, 4) is 0 Å². The summed E-state index contributed by atoms with van der Waals surface area (Å²) in [7, 11) is 0. The molecule has 1 aliphatic heterocycles. The van der Waals surface area contributed by atoms with E-state index in [2.05, 4.69) is 17.6 Å². The lowest BCUT2D eigenvalue weighted by atomic mass is 9.88. The molecule has 2 aromatic rings. The number of carbonyl (C=O) groups is 4. The fourth-order valence-electron chi connectivity index (χ4n) is 3.95. The lowest BCUT2D eigenvalue weighted by Crippen LogP contribution is -2.38. The summed E-state index contributed by atoms with van der Waals surface area (Å²) in [5, 5.41) is 5.68. The smallest absolute Gasteiger partial charge is 0.325 e. The Morgan fingerprint density at radius 1 is 1.27 bits per heavy atom. The van der Waals surface area contributed by atoms with Gasteiger partial charge < -0.3 is 16.4 Å². The van der Waals surface area contributed by atoms with Gasteiger partial charge in [0.15, 0.2) is 0 Å². The van der Waals surface area contributed by atoms with Crippen molar-refractivity contribution in [2.45, 2.75) is 32.2 Å². The Balaban J connectivity index is 1.50. The van der Waals surface area contributed by atoms with E-state index < -0.39 is 36.3 Å². The number of anilines is 1. The number of thiophene rings is 1. The van der Waals surface area contributed by atoms with E-state index in [0.717, 1.165) is 34.6 Å². The second-order valence-electron chi connectivity index (χ2n) is 7.69. The Morgan fingerprint density at radius 3 is 2.70 bits per heavy atom. The van der Waals surface area contributed by atoms with Crippen LogP contribution in [0.15, 0.2) is 30.3 Å². The van der Waals surface area contributed by atoms with Crippen molar-refractivity contribution in [3.05, 3.63) is 51.9 Å². The molecule has 2 atom stereocenters. The topological polar surface area (TPSA) is 122 Å². The summed E-state index contributed by atoms with van der Waals surface area (Å²) in [4.78, 5) is 51.5. The van der Waals surface area contributed by atoms with Crippen molar-refractivity contribution < 1.29 is 19.2 Å². The third kappa shape index (κ3) is 3.68. The molecule has 9 heteroatoms. The standard InChI is InChI=1S/C21H22N4O4S/c1-11-7-8-13-14(9-11)30-19(16(13)18(22)27)23-15(26)10-25-20(28)17(24-21(25)29)12-5-3-2-4-6-12/h2-6,11,17H,7-10H2,1H3,(H2,22,27)(H,23,26)(H,24,29). The van der Waals surface area contributed by atoms with Crippen molar-refractivity contribution in [3.63, 3.8) is 0 Å². The van der Waals surface area contributed by atoms with Crippen LogP contribution in [0.25, 0.3) is 0 Å². The number of hydrogen-bond acceptors (Lipinski definition) is 5. The number of rotatable bonds is 5. The number of hydrogen-bond donors (Lipinski definition) is 3. The van der Waals surface area contributed by atoms with Crippen LogP contribution in [0.2, 0.25) is 0 Å². The number of fused-ring (bicyclic) bond motifs is 1. The minimum Gasteiger partial charge on any atom is -0.365 e. The average Bonchev–Trinajstić information content (AvgIpc) is 3.19. The molecule has 0 bridgehead atoms. The summed E-state index contributed by atoms with van der Waals surface area (Å²) in [6.07, 6.45) is 2.54. The molecule has 4 rings (SSSR count). The molecule has 0 saturated carbocycles. The van der Waals surface area contributed by atoms with E-state index in [4.69, 9.17) is 5.73 Å². The molecule has 156 valence electrons. The van der Waals surface area contributed by atoms with E-state index in [1.165, 1.54) is 11.3 Å². The maximum Gasteiger partial charge on any atom is 0.325 e. The molecule has 0 spiro atoms. The minimum absolute atomic E-state index is 0.342. The van der Waals surface area contributed by atoms with Gasteiger partial charge in [0, 0.05) is 4.88 Å². The first-order chi connectivity index (χ1) is 14.3. The number of carbonyl (C=O) groups excluding carboxylic acids is 4. The third-order valence-electron chi connectivity index (χ3n) is 5.47. The molecule has 1 aliphatic carbocycles. The first-order valence-electron chi connectivity index (χ1n) is 9.76. The van der Waals surface area contributed by atoms with Crippen LogP contribution in [-0.2, 0) is 22.4 Å². The van der Waals surface area contributed by atoms with Gasteiger partial charge in [-0.25, -0.2) is 4.79 Å². The van der Waals surface area contributed by atoms with Gasteiger partial charge in [0.05, 0.1) is 5.56 Å². The maximum absolute atomic E-state index is 12.7. The Kier molecular flexibility index (Phi) is 5.29. The van der Waals surface area contributed by atoms with Gasteiger partial charge in [-0.2, -0.15) is 0 Å². The van der Waals surface area contributed by atoms with E-state index in [0.29, 0.717) is 22.0 Å². The van der Waals surface area contributed by atoms with Crippen LogP contribution in [0.3, 0.4) is 0 Å². The fraction of sp³-hybridized carbons (Fsp3) is 0.333. The summed E-state index contributed by atoms with van der Waals surface area (Å²) < 4.78 is 0. The highest BCUT2D eigenvalue weighted by molar-refractivity contribution is 7.17. The molecule has 2 unspecified atom stereocenters. The van der Waals surface area contributed by atoms with Crippen molar-refractivity contribution in [1.29, 1.82) is 0 Å². The molecule has 30 heavy (non-hydrogen) atoms. The average molecular weight is 426 g/mol. The first-order valence-corrected chi connectivity index (χ1v) is 10.6. The van der Waals surface area contributed by atoms with Gasteiger partial charge in [0.1, 0.15) is 17.6 Å². The van der Waals surface area contributed by atoms with Gasteiger partial charge in [0.25, 0.3) is 11.8 Å². The monoisotopic (exact) mass is 426 g/mol. The van der Waals surface area contributed by atoms with Gasteiger partial charge in [-0.1, -0.05) is 37.3 Å². The largest absolute Gasteiger partial charge is 0.365 e. The molecule has 1 aromatic heterocycles. The number of benzene rings is 1. The number of nitrogens with two attached hydrogens (primary N) is 1. The van der Waals surface area contributed by atoms with E-state index in [9.17, 15) is 19.2 Å². The Morgan fingerprint density at radius 2 is 2.00 bits per heavy atom. The normalized spacial score (nSPS) is 20.6. The molecule has 1 aromatic carbocycles. The minimum atomic E-state index is -0.816. The molecule has 2 aliphatic rings. The highest BCUT2D eigenvalue weighted by Crippen LogP contribution is 2.39. The van der Waals surface area contributed by atoms with Crippen LogP contribution in [-0.4, -0.2) is 35.2 Å². The summed E-state index contributed by atoms with van der Waals surface area (Å²) in [6, 6.07) is 7.39. The van der Waals surface area contributed by atoms with Gasteiger partial charge in [0.2, 0.25) is 5.91 Å². The highest BCUT2D eigenvalue weighted by Gasteiger charge is 2.40. The van der Waals surface area contributed by atoms with E-state index in [1.54, 1.807) is 24.3 Å². The molecule has 2 heterocycles. The quantitative estimate of drug-likeness (QED) is 0.635. The van der Waals surface area contributed by atoms with E-state index >= 15 is 0 Å². The van der Waals surface area contributed by atoms with E-state index in [1.807, 2.05) is 6.07 Å². The van der Waals surface area contributed by atoms with Crippen molar-refractivity contribution in [2.24, 2.45) is 11.7 Å². The van der Waals surface area contributed by atoms with Gasteiger partial charge in [-0.05, 0) is 36.3 Å². The second kappa shape index (κ2) is 7.91. The second-order valence-corrected chi connectivity index (χ2v) is 8.79.